The molecule has 0 radical (unpaired) electrons. The van der Waals surface area contributed by atoms with Gasteiger partial charge in [0.2, 0.25) is 0 Å². The third-order valence-electron chi connectivity index (χ3n) is 3.39. The van der Waals surface area contributed by atoms with Crippen LogP contribution in [-0.2, 0) is 0 Å². The van der Waals surface area contributed by atoms with Gasteiger partial charge in [0.25, 0.3) is 0 Å². The number of rotatable bonds is 3. The monoisotopic (exact) mass is 357 g/mol. The van der Waals surface area contributed by atoms with Crippen LogP contribution in [0.1, 0.15) is 21.5 Å². The number of hydrogen-bond acceptors (Lipinski definition) is 3. The first-order valence-electron chi connectivity index (χ1n) is 6.70. The smallest absolute Gasteiger partial charge is 0.196 e. The lowest BCUT2D eigenvalue weighted by Gasteiger charge is -2.06. The Labute approximate surface area is 147 Å². The van der Waals surface area contributed by atoms with Crippen molar-refractivity contribution >= 4 is 40.3 Å². The van der Waals surface area contributed by atoms with Crippen LogP contribution >= 0.6 is 34.5 Å². The molecular weight excluding hydrogens is 349 g/mol. The molecule has 0 saturated carbocycles. The van der Waals surface area contributed by atoms with Crippen LogP contribution in [-0.4, -0.2) is 5.78 Å². The van der Waals surface area contributed by atoms with E-state index in [1.807, 2.05) is 6.07 Å². The van der Waals surface area contributed by atoms with Gasteiger partial charge in [0, 0.05) is 11.1 Å². The molecule has 5 heteroatoms. The third-order valence-corrected chi connectivity index (χ3v) is 5.00. The first-order chi connectivity index (χ1) is 11.1. The first kappa shape index (κ1) is 15.8. The SMILES string of the molecule is N#Cc1ccc(-c2c(Cl)sc(Cl)c2C(=O)c2ccccc2)cc1. The molecule has 0 atom stereocenters. The van der Waals surface area contributed by atoms with Crippen LogP contribution in [0.2, 0.25) is 8.67 Å². The molecule has 1 aromatic heterocycles. The Morgan fingerprint density at radius 3 is 2.22 bits per heavy atom. The molecule has 0 aliphatic carbocycles. The van der Waals surface area contributed by atoms with Gasteiger partial charge in [-0.15, -0.1) is 11.3 Å². The van der Waals surface area contributed by atoms with E-state index in [9.17, 15) is 4.79 Å². The van der Waals surface area contributed by atoms with Crippen molar-refractivity contribution in [2.45, 2.75) is 0 Å². The number of benzene rings is 2. The molecule has 0 bridgehead atoms. The van der Waals surface area contributed by atoms with Gasteiger partial charge in [0.05, 0.1) is 17.2 Å². The minimum atomic E-state index is -0.168. The summed E-state index contributed by atoms with van der Waals surface area (Å²) in [6, 6.07) is 17.9. The van der Waals surface area contributed by atoms with E-state index >= 15 is 0 Å². The molecule has 0 N–H and O–H groups in total. The molecule has 0 unspecified atom stereocenters. The van der Waals surface area contributed by atoms with Gasteiger partial charge in [0.15, 0.2) is 5.78 Å². The Balaban J connectivity index is 2.15. The minimum Gasteiger partial charge on any atom is -0.288 e. The molecule has 112 valence electrons. The van der Waals surface area contributed by atoms with Crippen molar-refractivity contribution in [2.24, 2.45) is 0 Å². The first-order valence-corrected chi connectivity index (χ1v) is 8.27. The standard InChI is InChI=1S/C18H9Cl2NOS/c19-17-14(12-8-6-11(10-21)7-9-12)15(18(20)23-17)16(22)13-4-2-1-3-5-13/h1-9H. The summed E-state index contributed by atoms with van der Waals surface area (Å²) in [7, 11) is 0. The molecule has 0 spiro atoms. The fourth-order valence-corrected chi connectivity index (χ4v) is 4.02. The van der Waals surface area contributed by atoms with Crippen LogP contribution in [0.15, 0.2) is 54.6 Å². The maximum atomic E-state index is 12.8. The highest BCUT2D eigenvalue weighted by molar-refractivity contribution is 7.21. The third kappa shape index (κ3) is 3.02. The molecule has 23 heavy (non-hydrogen) atoms. The fourth-order valence-electron chi connectivity index (χ4n) is 2.28. The van der Waals surface area contributed by atoms with Crippen molar-refractivity contribution in [3.8, 4) is 17.2 Å². The molecule has 0 fully saturated rings. The maximum absolute atomic E-state index is 12.8. The molecule has 3 rings (SSSR count). The van der Waals surface area contributed by atoms with Gasteiger partial charge >= 0.3 is 0 Å². The predicted molar refractivity (Wildman–Crippen MR) is 94.4 cm³/mol. The zero-order chi connectivity index (χ0) is 16.4. The van der Waals surface area contributed by atoms with E-state index in [1.54, 1.807) is 48.5 Å². The molecule has 2 aromatic carbocycles. The number of thiophene rings is 1. The molecular formula is C18H9Cl2NOS. The van der Waals surface area contributed by atoms with Crippen molar-refractivity contribution in [3.63, 3.8) is 0 Å². The Morgan fingerprint density at radius 2 is 1.61 bits per heavy atom. The number of carbonyl (C=O) groups excluding carboxylic acids is 1. The molecule has 0 amide bonds. The van der Waals surface area contributed by atoms with Gasteiger partial charge in [-0.1, -0.05) is 65.7 Å². The number of hydrogen-bond donors (Lipinski definition) is 0. The Hall–Kier alpha value is -2.12. The van der Waals surface area contributed by atoms with Gasteiger partial charge < -0.3 is 0 Å². The Morgan fingerprint density at radius 1 is 0.957 bits per heavy atom. The highest BCUT2D eigenvalue weighted by Crippen LogP contribution is 2.43. The van der Waals surface area contributed by atoms with Crippen molar-refractivity contribution in [1.82, 2.24) is 0 Å². The number of nitrogens with zero attached hydrogens (tertiary/aromatic N) is 1. The second-order valence-corrected chi connectivity index (χ2v) is 7.01. The van der Waals surface area contributed by atoms with Crippen LogP contribution in [0.5, 0.6) is 0 Å². The number of carbonyl (C=O) groups is 1. The predicted octanol–water partition coefficient (Wildman–Crippen LogP) is 5.82. The van der Waals surface area contributed by atoms with Crippen LogP contribution in [0.25, 0.3) is 11.1 Å². The van der Waals surface area contributed by atoms with E-state index in [0.29, 0.717) is 30.9 Å². The lowest BCUT2D eigenvalue weighted by Crippen LogP contribution is -2.02. The molecule has 0 saturated heterocycles. The number of nitriles is 1. The summed E-state index contributed by atoms with van der Waals surface area (Å²) >= 11 is 13.7. The topological polar surface area (TPSA) is 40.9 Å². The van der Waals surface area contributed by atoms with Crippen LogP contribution < -0.4 is 0 Å². The lowest BCUT2D eigenvalue weighted by atomic mass is 9.97. The van der Waals surface area contributed by atoms with Crippen LogP contribution in [0.3, 0.4) is 0 Å². The fraction of sp³-hybridized carbons (Fsp3) is 0. The average molecular weight is 358 g/mol. The second-order valence-electron chi connectivity index (χ2n) is 4.78. The van der Waals surface area contributed by atoms with Crippen molar-refractivity contribution in [1.29, 1.82) is 5.26 Å². The summed E-state index contributed by atoms with van der Waals surface area (Å²) < 4.78 is 0.821. The van der Waals surface area contributed by atoms with Crippen molar-refractivity contribution in [2.75, 3.05) is 0 Å². The second kappa shape index (κ2) is 6.55. The molecule has 1 heterocycles. The van der Waals surface area contributed by atoms with Crippen molar-refractivity contribution < 1.29 is 4.79 Å². The van der Waals surface area contributed by atoms with E-state index < -0.39 is 0 Å². The summed E-state index contributed by atoms with van der Waals surface area (Å²) in [5.41, 5.74) is 2.87. The lowest BCUT2D eigenvalue weighted by molar-refractivity contribution is 0.104. The normalized spacial score (nSPS) is 10.3. The zero-order valence-corrected chi connectivity index (χ0v) is 14.0. The summed E-state index contributed by atoms with van der Waals surface area (Å²) in [5.74, 6) is -0.168. The average Bonchev–Trinajstić information content (AvgIpc) is 2.89. The molecule has 3 aromatic rings. The summed E-state index contributed by atoms with van der Waals surface area (Å²) in [4.78, 5) is 12.8. The summed E-state index contributed by atoms with van der Waals surface area (Å²) in [5, 5.41) is 8.90. The van der Waals surface area contributed by atoms with Crippen LogP contribution in [0.4, 0.5) is 0 Å². The molecule has 2 nitrogen and oxygen atoms in total. The molecule has 0 aliphatic heterocycles. The Kier molecular flexibility index (Phi) is 4.49. The number of halogens is 2. The van der Waals surface area contributed by atoms with E-state index in [-0.39, 0.29) is 5.78 Å². The van der Waals surface area contributed by atoms with Crippen LogP contribution in [0, 0.1) is 11.3 Å². The van der Waals surface area contributed by atoms with Gasteiger partial charge in [-0.3, -0.25) is 4.79 Å². The quantitative estimate of drug-likeness (QED) is 0.553. The zero-order valence-electron chi connectivity index (χ0n) is 11.7. The van der Waals surface area contributed by atoms with E-state index in [4.69, 9.17) is 28.5 Å². The van der Waals surface area contributed by atoms with Gasteiger partial charge in [-0.25, -0.2) is 0 Å². The highest BCUT2D eigenvalue weighted by atomic mass is 35.5. The maximum Gasteiger partial charge on any atom is 0.196 e. The van der Waals surface area contributed by atoms with Gasteiger partial charge in [-0.2, -0.15) is 5.26 Å². The summed E-state index contributed by atoms with van der Waals surface area (Å²) in [6.07, 6.45) is 0. The minimum absolute atomic E-state index is 0.168. The number of ketones is 1. The van der Waals surface area contributed by atoms with E-state index in [1.165, 1.54) is 11.3 Å². The molecule has 0 aliphatic rings. The summed E-state index contributed by atoms with van der Waals surface area (Å²) in [6.45, 7) is 0. The van der Waals surface area contributed by atoms with Gasteiger partial charge in [0.1, 0.15) is 8.67 Å². The largest absolute Gasteiger partial charge is 0.288 e. The van der Waals surface area contributed by atoms with E-state index in [0.717, 1.165) is 5.56 Å². The Bertz CT molecular complexity index is 909. The highest BCUT2D eigenvalue weighted by Gasteiger charge is 2.24. The van der Waals surface area contributed by atoms with Gasteiger partial charge in [-0.05, 0) is 17.7 Å². The van der Waals surface area contributed by atoms with Crippen molar-refractivity contribution in [3.05, 3.63) is 80.0 Å². The van der Waals surface area contributed by atoms with E-state index in [2.05, 4.69) is 6.07 Å².